The van der Waals surface area contributed by atoms with Crippen molar-refractivity contribution >= 4 is 5.82 Å². The summed E-state index contributed by atoms with van der Waals surface area (Å²) >= 11 is 0. The Labute approximate surface area is 137 Å². The van der Waals surface area contributed by atoms with Gasteiger partial charge >= 0.3 is 6.18 Å². The van der Waals surface area contributed by atoms with Crippen molar-refractivity contribution in [2.24, 2.45) is 5.92 Å². The molecule has 1 N–H and O–H groups in total. The molecular formula is C15H19F3N6. The Bertz CT molecular complexity index is 709. The molecule has 3 rings (SSSR count). The standard InChI is InChI=1S/C15H19F3N6/c1-9(2)11-6-12(21-8-20-11)19-7-14-23-22-13-5-10(15(16,17)18)3-4-24(13)14/h6,8-10H,3-5,7H2,1-2H3,(H,19,20,21). The molecule has 1 atom stereocenters. The lowest BCUT2D eigenvalue weighted by atomic mass is 9.97. The monoisotopic (exact) mass is 340 g/mol. The highest BCUT2D eigenvalue weighted by Gasteiger charge is 2.42. The van der Waals surface area contributed by atoms with E-state index in [2.05, 4.69) is 25.5 Å². The highest BCUT2D eigenvalue weighted by Crippen LogP contribution is 2.34. The maximum atomic E-state index is 12.8. The number of halogens is 3. The van der Waals surface area contributed by atoms with Gasteiger partial charge < -0.3 is 9.88 Å². The molecule has 3 heterocycles. The molecule has 6 nitrogen and oxygen atoms in total. The summed E-state index contributed by atoms with van der Waals surface area (Å²) in [5.41, 5.74) is 0.920. The molecule has 0 saturated heterocycles. The molecule has 0 aromatic carbocycles. The molecule has 1 unspecified atom stereocenters. The van der Waals surface area contributed by atoms with Gasteiger partial charge in [0.05, 0.1) is 12.5 Å². The van der Waals surface area contributed by atoms with E-state index in [1.807, 2.05) is 19.9 Å². The first kappa shape index (κ1) is 16.7. The van der Waals surface area contributed by atoms with Crippen LogP contribution in [0.3, 0.4) is 0 Å². The predicted octanol–water partition coefficient (Wildman–Crippen LogP) is 2.93. The number of nitrogens with one attached hydrogen (secondary N) is 1. The maximum absolute atomic E-state index is 12.8. The number of rotatable bonds is 4. The van der Waals surface area contributed by atoms with E-state index in [4.69, 9.17) is 0 Å². The molecule has 0 aliphatic carbocycles. The van der Waals surface area contributed by atoms with Crippen molar-refractivity contribution < 1.29 is 13.2 Å². The Balaban J connectivity index is 1.68. The number of nitrogens with zero attached hydrogens (tertiary/aromatic N) is 5. The Morgan fingerprint density at radius 3 is 2.79 bits per heavy atom. The van der Waals surface area contributed by atoms with E-state index in [1.165, 1.54) is 6.33 Å². The van der Waals surface area contributed by atoms with E-state index < -0.39 is 12.1 Å². The van der Waals surface area contributed by atoms with Gasteiger partial charge in [0, 0.05) is 24.7 Å². The van der Waals surface area contributed by atoms with Gasteiger partial charge in [0.15, 0.2) is 5.82 Å². The zero-order valence-electron chi connectivity index (χ0n) is 13.5. The van der Waals surface area contributed by atoms with Gasteiger partial charge in [-0.15, -0.1) is 10.2 Å². The quantitative estimate of drug-likeness (QED) is 0.927. The topological polar surface area (TPSA) is 68.5 Å². The van der Waals surface area contributed by atoms with Crippen LogP contribution in [0.5, 0.6) is 0 Å². The Morgan fingerprint density at radius 2 is 2.08 bits per heavy atom. The zero-order chi connectivity index (χ0) is 17.3. The van der Waals surface area contributed by atoms with Crippen molar-refractivity contribution in [3.05, 3.63) is 29.7 Å². The van der Waals surface area contributed by atoms with Gasteiger partial charge in [0.2, 0.25) is 0 Å². The van der Waals surface area contributed by atoms with Crippen LogP contribution in [0.1, 0.15) is 43.5 Å². The highest BCUT2D eigenvalue weighted by molar-refractivity contribution is 5.35. The van der Waals surface area contributed by atoms with Crippen molar-refractivity contribution in [2.45, 2.75) is 51.9 Å². The molecule has 0 saturated carbocycles. The maximum Gasteiger partial charge on any atom is 0.392 e. The minimum atomic E-state index is -4.18. The summed E-state index contributed by atoms with van der Waals surface area (Å²) < 4.78 is 40.3. The van der Waals surface area contributed by atoms with Gasteiger partial charge in [0.1, 0.15) is 18.0 Å². The largest absolute Gasteiger partial charge is 0.392 e. The fraction of sp³-hybridized carbons (Fsp3) is 0.600. The Morgan fingerprint density at radius 1 is 1.29 bits per heavy atom. The molecule has 0 radical (unpaired) electrons. The van der Waals surface area contributed by atoms with Crippen molar-refractivity contribution in [3.8, 4) is 0 Å². The van der Waals surface area contributed by atoms with Crippen LogP contribution >= 0.6 is 0 Å². The summed E-state index contributed by atoms with van der Waals surface area (Å²) in [6.45, 7) is 4.72. The third-order valence-corrected chi connectivity index (χ3v) is 4.20. The minimum absolute atomic E-state index is 0.0620. The summed E-state index contributed by atoms with van der Waals surface area (Å²) in [5.74, 6) is 0.635. The zero-order valence-corrected chi connectivity index (χ0v) is 13.5. The van der Waals surface area contributed by atoms with Crippen LogP contribution in [0.25, 0.3) is 0 Å². The molecule has 0 amide bonds. The van der Waals surface area contributed by atoms with Gasteiger partial charge in [-0.25, -0.2) is 9.97 Å². The summed E-state index contributed by atoms with van der Waals surface area (Å²) in [4.78, 5) is 8.34. The van der Waals surface area contributed by atoms with Crippen LogP contribution < -0.4 is 5.32 Å². The first-order valence-corrected chi connectivity index (χ1v) is 7.88. The Kier molecular flexibility index (Phi) is 4.42. The van der Waals surface area contributed by atoms with Crippen molar-refractivity contribution in [3.63, 3.8) is 0 Å². The fourth-order valence-corrected chi connectivity index (χ4v) is 2.75. The average molecular weight is 340 g/mol. The molecule has 2 aromatic heterocycles. The van der Waals surface area contributed by atoms with Crippen LogP contribution in [-0.4, -0.2) is 30.9 Å². The lowest BCUT2D eigenvalue weighted by molar-refractivity contribution is -0.179. The summed E-state index contributed by atoms with van der Waals surface area (Å²) in [6.07, 6.45) is -2.73. The van der Waals surface area contributed by atoms with E-state index in [-0.39, 0.29) is 25.3 Å². The number of hydrogen-bond donors (Lipinski definition) is 1. The lowest BCUT2D eigenvalue weighted by Crippen LogP contribution is -2.31. The number of aromatic nitrogens is 5. The second-order valence-corrected chi connectivity index (χ2v) is 6.25. The van der Waals surface area contributed by atoms with Crippen LogP contribution in [-0.2, 0) is 19.5 Å². The van der Waals surface area contributed by atoms with Crippen molar-refractivity contribution in [1.29, 1.82) is 0 Å². The van der Waals surface area contributed by atoms with Gasteiger partial charge in [-0.3, -0.25) is 0 Å². The van der Waals surface area contributed by atoms with Gasteiger partial charge in [-0.05, 0) is 12.3 Å². The summed E-state index contributed by atoms with van der Waals surface area (Å²) in [7, 11) is 0. The van der Waals surface area contributed by atoms with E-state index >= 15 is 0 Å². The molecule has 130 valence electrons. The fourth-order valence-electron chi connectivity index (χ4n) is 2.75. The van der Waals surface area contributed by atoms with Crippen molar-refractivity contribution in [1.82, 2.24) is 24.7 Å². The van der Waals surface area contributed by atoms with Crippen molar-refractivity contribution in [2.75, 3.05) is 5.32 Å². The first-order valence-electron chi connectivity index (χ1n) is 7.88. The SMILES string of the molecule is CC(C)c1cc(NCc2nnc3n2CCC(C(F)(F)F)C3)ncn1. The molecular weight excluding hydrogens is 321 g/mol. The predicted molar refractivity (Wildman–Crippen MR) is 81.3 cm³/mol. The molecule has 1 aliphatic rings. The molecule has 1 aliphatic heterocycles. The average Bonchev–Trinajstić information content (AvgIpc) is 2.94. The van der Waals surface area contributed by atoms with Crippen LogP contribution in [0.4, 0.5) is 19.0 Å². The molecule has 2 aromatic rings. The number of fused-ring (bicyclic) bond motifs is 1. The Hall–Kier alpha value is -2.19. The highest BCUT2D eigenvalue weighted by atomic mass is 19.4. The molecule has 0 fully saturated rings. The minimum Gasteiger partial charge on any atom is -0.363 e. The molecule has 0 spiro atoms. The first-order chi connectivity index (χ1) is 11.3. The third-order valence-electron chi connectivity index (χ3n) is 4.20. The van der Waals surface area contributed by atoms with Crippen LogP contribution in [0.15, 0.2) is 12.4 Å². The summed E-state index contributed by atoms with van der Waals surface area (Å²) in [6, 6.07) is 1.86. The molecule has 9 heteroatoms. The van der Waals surface area contributed by atoms with Gasteiger partial charge in [-0.2, -0.15) is 13.2 Å². The number of hydrogen-bond acceptors (Lipinski definition) is 5. The van der Waals surface area contributed by atoms with E-state index in [9.17, 15) is 13.2 Å². The molecule has 24 heavy (non-hydrogen) atoms. The second-order valence-electron chi connectivity index (χ2n) is 6.25. The normalized spacial score (nSPS) is 17.8. The number of anilines is 1. The van der Waals surface area contributed by atoms with E-state index in [1.54, 1.807) is 4.57 Å². The van der Waals surface area contributed by atoms with Crippen LogP contribution in [0.2, 0.25) is 0 Å². The van der Waals surface area contributed by atoms with E-state index in [0.29, 0.717) is 24.0 Å². The number of alkyl halides is 3. The van der Waals surface area contributed by atoms with Gasteiger partial charge in [0.25, 0.3) is 0 Å². The lowest BCUT2D eigenvalue weighted by Gasteiger charge is -2.25. The third kappa shape index (κ3) is 3.49. The molecule has 0 bridgehead atoms. The second kappa shape index (κ2) is 6.37. The summed E-state index contributed by atoms with van der Waals surface area (Å²) in [5, 5.41) is 11.1. The smallest absolute Gasteiger partial charge is 0.363 e. The van der Waals surface area contributed by atoms with Crippen LogP contribution in [0, 0.1) is 5.92 Å². The van der Waals surface area contributed by atoms with E-state index in [0.717, 1.165) is 5.69 Å². The van der Waals surface area contributed by atoms with Gasteiger partial charge in [-0.1, -0.05) is 13.8 Å².